The number of carbonyl (C=O) groups is 1. The maximum absolute atomic E-state index is 11.9. The van der Waals surface area contributed by atoms with Crippen LogP contribution < -0.4 is 0 Å². The third-order valence-electron chi connectivity index (χ3n) is 4.25. The lowest BCUT2D eigenvalue weighted by Gasteiger charge is -2.34. The van der Waals surface area contributed by atoms with Gasteiger partial charge in [0, 0.05) is 6.42 Å². The second kappa shape index (κ2) is 2.35. The van der Waals surface area contributed by atoms with Crippen LogP contribution in [0.3, 0.4) is 0 Å². The standard InChI is InChI=1S/C11H16O2/c1-7-5-10(12)11-4-2-3-8(11)6-9(7)13-11/h7-9H,2-6H2,1H3. The first kappa shape index (κ1) is 7.98. The molecule has 3 aliphatic rings. The minimum atomic E-state index is -0.294. The molecule has 2 aliphatic heterocycles. The van der Waals surface area contributed by atoms with Crippen LogP contribution in [0, 0.1) is 11.8 Å². The Bertz CT molecular complexity index is 261. The van der Waals surface area contributed by atoms with Crippen molar-refractivity contribution in [3.63, 3.8) is 0 Å². The number of Topliss-reactive ketones (excluding diaryl/α,β-unsaturated/α-hetero) is 1. The highest BCUT2D eigenvalue weighted by atomic mass is 16.5. The second-order valence-electron chi connectivity index (χ2n) is 4.98. The summed E-state index contributed by atoms with van der Waals surface area (Å²) in [5, 5.41) is 0. The Kier molecular flexibility index (Phi) is 1.44. The van der Waals surface area contributed by atoms with Gasteiger partial charge in [-0.3, -0.25) is 4.79 Å². The Balaban J connectivity index is 2.00. The van der Waals surface area contributed by atoms with Crippen molar-refractivity contribution in [1.29, 1.82) is 0 Å². The van der Waals surface area contributed by atoms with Gasteiger partial charge < -0.3 is 4.74 Å². The van der Waals surface area contributed by atoms with E-state index in [-0.39, 0.29) is 5.60 Å². The van der Waals surface area contributed by atoms with E-state index in [9.17, 15) is 4.79 Å². The summed E-state index contributed by atoms with van der Waals surface area (Å²) in [6.07, 6.45) is 5.71. The maximum Gasteiger partial charge on any atom is 0.165 e. The van der Waals surface area contributed by atoms with Crippen molar-refractivity contribution in [3.05, 3.63) is 0 Å². The molecule has 1 aliphatic carbocycles. The summed E-state index contributed by atoms with van der Waals surface area (Å²) < 4.78 is 5.98. The molecule has 3 fully saturated rings. The van der Waals surface area contributed by atoms with Crippen molar-refractivity contribution >= 4 is 5.78 Å². The fourth-order valence-corrected chi connectivity index (χ4v) is 3.49. The van der Waals surface area contributed by atoms with Crippen molar-refractivity contribution in [2.45, 2.75) is 50.7 Å². The van der Waals surface area contributed by atoms with E-state index in [0.29, 0.717) is 23.7 Å². The summed E-state index contributed by atoms with van der Waals surface area (Å²) in [6, 6.07) is 0. The fraction of sp³-hybridized carbons (Fsp3) is 0.909. The molecule has 3 rings (SSSR count). The SMILES string of the molecule is CC1CC(=O)C23CCCC2CC1O3. The van der Waals surface area contributed by atoms with Crippen LogP contribution in [0.5, 0.6) is 0 Å². The minimum Gasteiger partial charge on any atom is -0.363 e. The summed E-state index contributed by atoms with van der Waals surface area (Å²) in [5.74, 6) is 1.43. The van der Waals surface area contributed by atoms with Crippen molar-refractivity contribution in [3.8, 4) is 0 Å². The zero-order valence-electron chi connectivity index (χ0n) is 8.08. The zero-order chi connectivity index (χ0) is 9.05. The third kappa shape index (κ3) is 0.850. The first-order valence-corrected chi connectivity index (χ1v) is 5.43. The van der Waals surface area contributed by atoms with Gasteiger partial charge in [0.05, 0.1) is 6.10 Å². The molecule has 2 saturated heterocycles. The van der Waals surface area contributed by atoms with E-state index in [1.54, 1.807) is 0 Å². The summed E-state index contributed by atoms with van der Waals surface area (Å²) in [7, 11) is 0. The minimum absolute atomic E-state index is 0.294. The number of rotatable bonds is 0. The van der Waals surface area contributed by atoms with Gasteiger partial charge in [-0.25, -0.2) is 0 Å². The van der Waals surface area contributed by atoms with Gasteiger partial charge >= 0.3 is 0 Å². The molecular weight excluding hydrogens is 164 g/mol. The molecule has 2 nitrogen and oxygen atoms in total. The van der Waals surface area contributed by atoms with Crippen molar-refractivity contribution in [1.82, 2.24) is 0 Å². The van der Waals surface area contributed by atoms with Crippen LogP contribution in [0.15, 0.2) is 0 Å². The highest BCUT2D eigenvalue weighted by Gasteiger charge is 2.59. The molecule has 72 valence electrons. The van der Waals surface area contributed by atoms with Gasteiger partial charge in [-0.15, -0.1) is 0 Å². The predicted octanol–water partition coefficient (Wildman–Crippen LogP) is 1.92. The summed E-state index contributed by atoms with van der Waals surface area (Å²) in [5.41, 5.74) is -0.294. The Morgan fingerprint density at radius 3 is 3.23 bits per heavy atom. The van der Waals surface area contributed by atoms with E-state index < -0.39 is 0 Å². The van der Waals surface area contributed by atoms with Crippen molar-refractivity contribution in [2.24, 2.45) is 11.8 Å². The Labute approximate surface area is 78.6 Å². The molecule has 2 heterocycles. The number of carbonyl (C=O) groups excluding carboxylic acids is 1. The molecule has 4 atom stereocenters. The first-order valence-electron chi connectivity index (χ1n) is 5.43. The number of fused-ring (bicyclic) bond motifs is 1. The van der Waals surface area contributed by atoms with Crippen LogP contribution in [0.25, 0.3) is 0 Å². The lowest BCUT2D eigenvalue weighted by atomic mass is 9.86. The molecular formula is C11H16O2. The quantitative estimate of drug-likeness (QED) is 0.569. The van der Waals surface area contributed by atoms with Gasteiger partial charge in [0.1, 0.15) is 5.60 Å². The molecule has 0 amide bonds. The summed E-state index contributed by atoms with van der Waals surface area (Å²) in [6.45, 7) is 2.15. The van der Waals surface area contributed by atoms with Gasteiger partial charge in [0.25, 0.3) is 0 Å². The number of ether oxygens (including phenoxy) is 1. The lowest BCUT2D eigenvalue weighted by Crippen LogP contribution is -2.46. The molecule has 0 aromatic rings. The zero-order valence-corrected chi connectivity index (χ0v) is 8.08. The van der Waals surface area contributed by atoms with Crippen LogP contribution in [0.4, 0.5) is 0 Å². The fourth-order valence-electron chi connectivity index (χ4n) is 3.49. The average molecular weight is 180 g/mol. The van der Waals surface area contributed by atoms with Crippen LogP contribution in [-0.4, -0.2) is 17.5 Å². The maximum atomic E-state index is 11.9. The van der Waals surface area contributed by atoms with E-state index in [1.165, 1.54) is 12.8 Å². The number of ketones is 1. The topological polar surface area (TPSA) is 26.3 Å². The molecule has 0 aromatic carbocycles. The monoisotopic (exact) mass is 180 g/mol. The normalized spacial score (nSPS) is 53.9. The largest absolute Gasteiger partial charge is 0.363 e. The molecule has 2 bridgehead atoms. The second-order valence-corrected chi connectivity index (χ2v) is 4.98. The van der Waals surface area contributed by atoms with Gasteiger partial charge in [-0.2, -0.15) is 0 Å². The van der Waals surface area contributed by atoms with Gasteiger partial charge in [-0.05, 0) is 37.5 Å². The van der Waals surface area contributed by atoms with E-state index in [1.807, 2.05) is 0 Å². The third-order valence-corrected chi connectivity index (χ3v) is 4.25. The Morgan fingerprint density at radius 1 is 1.54 bits per heavy atom. The molecule has 0 aromatic heterocycles. The van der Waals surface area contributed by atoms with Crippen LogP contribution >= 0.6 is 0 Å². The molecule has 0 radical (unpaired) electrons. The molecule has 1 saturated carbocycles. The van der Waals surface area contributed by atoms with E-state index in [2.05, 4.69) is 6.92 Å². The van der Waals surface area contributed by atoms with Gasteiger partial charge in [0.2, 0.25) is 0 Å². The predicted molar refractivity (Wildman–Crippen MR) is 48.4 cm³/mol. The highest BCUT2D eigenvalue weighted by Crippen LogP contribution is 2.53. The van der Waals surface area contributed by atoms with E-state index in [0.717, 1.165) is 19.3 Å². The van der Waals surface area contributed by atoms with E-state index in [4.69, 9.17) is 4.74 Å². The summed E-state index contributed by atoms with van der Waals surface area (Å²) in [4.78, 5) is 11.9. The summed E-state index contributed by atoms with van der Waals surface area (Å²) >= 11 is 0. The van der Waals surface area contributed by atoms with Crippen molar-refractivity contribution in [2.75, 3.05) is 0 Å². The lowest BCUT2D eigenvalue weighted by molar-refractivity contribution is -0.159. The van der Waals surface area contributed by atoms with Gasteiger partial charge in [-0.1, -0.05) is 6.92 Å². The Morgan fingerprint density at radius 2 is 2.38 bits per heavy atom. The highest BCUT2D eigenvalue weighted by molar-refractivity contribution is 5.89. The van der Waals surface area contributed by atoms with E-state index >= 15 is 0 Å². The molecule has 4 unspecified atom stereocenters. The molecule has 13 heavy (non-hydrogen) atoms. The van der Waals surface area contributed by atoms with Crippen LogP contribution in [0.2, 0.25) is 0 Å². The Hall–Kier alpha value is -0.370. The average Bonchev–Trinajstić information content (AvgIpc) is 2.54. The van der Waals surface area contributed by atoms with Crippen molar-refractivity contribution < 1.29 is 9.53 Å². The number of hydrogen-bond donors (Lipinski definition) is 0. The van der Waals surface area contributed by atoms with Gasteiger partial charge in [0.15, 0.2) is 5.78 Å². The molecule has 2 heteroatoms. The first-order chi connectivity index (χ1) is 6.22. The number of hydrogen-bond acceptors (Lipinski definition) is 2. The van der Waals surface area contributed by atoms with Crippen LogP contribution in [-0.2, 0) is 9.53 Å². The molecule has 0 N–H and O–H groups in total. The smallest absolute Gasteiger partial charge is 0.165 e. The van der Waals surface area contributed by atoms with Crippen LogP contribution in [0.1, 0.15) is 39.0 Å². The molecule has 1 spiro atoms.